The molecule has 2 heterocycles. The van der Waals surface area contributed by atoms with Gasteiger partial charge in [0.2, 0.25) is 5.91 Å². The molecule has 0 aromatic heterocycles. The Labute approximate surface area is 120 Å². The third kappa shape index (κ3) is 2.17. The molecule has 2 N–H and O–H groups in total. The van der Waals surface area contributed by atoms with Gasteiger partial charge in [-0.25, -0.2) is 0 Å². The van der Waals surface area contributed by atoms with Crippen molar-refractivity contribution >= 4 is 23.1 Å². The number of likely N-dealkylation sites (tertiary alicyclic amines) is 2. The van der Waals surface area contributed by atoms with E-state index in [1.54, 1.807) is 0 Å². The van der Waals surface area contributed by atoms with Crippen molar-refractivity contribution in [2.24, 2.45) is 17.1 Å². The maximum Gasteiger partial charge on any atom is 0.235 e. The molecule has 1 aliphatic carbocycles. The molecule has 106 valence electrons. The number of thiocarbonyl (C=S) groups is 1. The average molecular weight is 281 g/mol. The number of hydrogen-bond donors (Lipinski definition) is 1. The van der Waals surface area contributed by atoms with Gasteiger partial charge in [0, 0.05) is 19.1 Å². The van der Waals surface area contributed by atoms with E-state index in [4.69, 9.17) is 18.0 Å². The predicted molar refractivity (Wildman–Crippen MR) is 78.8 cm³/mol. The second kappa shape index (κ2) is 4.70. The van der Waals surface area contributed by atoms with Crippen LogP contribution in [0.2, 0.25) is 0 Å². The van der Waals surface area contributed by atoms with Crippen LogP contribution in [-0.2, 0) is 4.79 Å². The molecular weight excluding hydrogens is 258 g/mol. The van der Waals surface area contributed by atoms with Crippen LogP contribution in [0, 0.1) is 11.3 Å². The lowest BCUT2D eigenvalue weighted by Crippen LogP contribution is -2.56. The lowest BCUT2D eigenvalue weighted by Gasteiger charge is -2.46. The smallest absolute Gasteiger partial charge is 0.235 e. The molecule has 0 bridgehead atoms. The first-order valence-electron chi connectivity index (χ1n) is 7.34. The summed E-state index contributed by atoms with van der Waals surface area (Å²) in [7, 11) is 2.21. The minimum atomic E-state index is -0.470. The third-order valence-electron chi connectivity index (χ3n) is 5.26. The van der Waals surface area contributed by atoms with Crippen molar-refractivity contribution in [3.63, 3.8) is 0 Å². The van der Waals surface area contributed by atoms with E-state index in [2.05, 4.69) is 11.9 Å². The van der Waals surface area contributed by atoms with Crippen molar-refractivity contribution < 1.29 is 4.79 Å². The number of fused-ring (bicyclic) bond motifs is 1. The molecule has 2 atom stereocenters. The minimum Gasteiger partial charge on any atom is -0.392 e. The van der Waals surface area contributed by atoms with Gasteiger partial charge in [0.1, 0.15) is 0 Å². The highest BCUT2D eigenvalue weighted by Gasteiger charge is 2.55. The molecule has 2 aliphatic heterocycles. The second-order valence-electron chi connectivity index (χ2n) is 6.44. The fourth-order valence-corrected chi connectivity index (χ4v) is 4.12. The molecule has 0 radical (unpaired) electrons. The van der Waals surface area contributed by atoms with Gasteiger partial charge in [0.15, 0.2) is 0 Å². The molecule has 0 aromatic carbocycles. The second-order valence-corrected chi connectivity index (χ2v) is 6.88. The molecule has 19 heavy (non-hydrogen) atoms. The lowest BCUT2D eigenvalue weighted by atomic mass is 9.83. The number of hydrogen-bond acceptors (Lipinski definition) is 3. The van der Waals surface area contributed by atoms with Crippen molar-refractivity contribution in [3.8, 4) is 0 Å². The quantitative estimate of drug-likeness (QED) is 0.767. The van der Waals surface area contributed by atoms with Crippen LogP contribution < -0.4 is 5.73 Å². The van der Waals surface area contributed by atoms with E-state index in [-0.39, 0.29) is 5.91 Å². The number of piperidine rings is 2. The molecule has 1 saturated carbocycles. The van der Waals surface area contributed by atoms with Crippen molar-refractivity contribution in [3.05, 3.63) is 0 Å². The standard InChI is InChI=1S/C14H23N3OS/c1-16-7-2-3-10-9-17(8-4-11(10)16)13(18)14(5-6-14)12(15)19/h10-11H,2-9H2,1H3,(H2,15,19). The summed E-state index contributed by atoms with van der Waals surface area (Å²) in [6.07, 6.45) is 5.30. The summed E-state index contributed by atoms with van der Waals surface area (Å²) in [5.74, 6) is 0.838. The zero-order valence-electron chi connectivity index (χ0n) is 11.6. The predicted octanol–water partition coefficient (Wildman–Crippen LogP) is 0.995. The molecule has 3 rings (SSSR count). The summed E-state index contributed by atoms with van der Waals surface area (Å²) in [4.78, 5) is 17.5. The van der Waals surface area contributed by atoms with E-state index in [0.717, 1.165) is 32.4 Å². The molecule has 3 aliphatic rings. The van der Waals surface area contributed by atoms with Crippen molar-refractivity contribution in [2.75, 3.05) is 26.7 Å². The fraction of sp³-hybridized carbons (Fsp3) is 0.857. The monoisotopic (exact) mass is 281 g/mol. The lowest BCUT2D eigenvalue weighted by molar-refractivity contribution is -0.138. The first-order chi connectivity index (χ1) is 9.04. The molecule has 3 fully saturated rings. The van der Waals surface area contributed by atoms with Crippen molar-refractivity contribution in [2.45, 2.75) is 38.1 Å². The minimum absolute atomic E-state index is 0.201. The third-order valence-corrected chi connectivity index (χ3v) is 5.65. The number of carbonyl (C=O) groups excluding carboxylic acids is 1. The van der Waals surface area contributed by atoms with Crippen LogP contribution in [0.15, 0.2) is 0 Å². The van der Waals surface area contributed by atoms with Crippen LogP contribution in [0.5, 0.6) is 0 Å². The summed E-state index contributed by atoms with van der Waals surface area (Å²) in [6.45, 7) is 2.97. The molecule has 1 amide bonds. The number of carbonyl (C=O) groups is 1. The number of rotatable bonds is 2. The van der Waals surface area contributed by atoms with E-state index in [0.29, 0.717) is 16.9 Å². The van der Waals surface area contributed by atoms with Crippen LogP contribution in [0.4, 0.5) is 0 Å². The Morgan fingerprint density at radius 1 is 1.32 bits per heavy atom. The highest BCUT2D eigenvalue weighted by atomic mass is 32.1. The molecule has 4 nitrogen and oxygen atoms in total. The summed E-state index contributed by atoms with van der Waals surface area (Å²) in [5, 5.41) is 0. The number of nitrogens with two attached hydrogens (primary N) is 1. The van der Waals surface area contributed by atoms with Crippen LogP contribution in [0.25, 0.3) is 0 Å². The van der Waals surface area contributed by atoms with Gasteiger partial charge in [-0.1, -0.05) is 12.2 Å². The molecule has 2 unspecified atom stereocenters. The number of amides is 1. The van der Waals surface area contributed by atoms with Gasteiger partial charge < -0.3 is 15.5 Å². The van der Waals surface area contributed by atoms with Crippen LogP contribution in [-0.4, -0.2) is 53.4 Å². The topological polar surface area (TPSA) is 49.6 Å². The molecule has 2 saturated heterocycles. The van der Waals surface area contributed by atoms with Gasteiger partial charge in [0.05, 0.1) is 10.4 Å². The summed E-state index contributed by atoms with van der Waals surface area (Å²) < 4.78 is 0. The first kappa shape index (κ1) is 13.3. The highest BCUT2D eigenvalue weighted by molar-refractivity contribution is 7.80. The van der Waals surface area contributed by atoms with Crippen LogP contribution >= 0.6 is 12.2 Å². The van der Waals surface area contributed by atoms with E-state index < -0.39 is 5.41 Å². The Balaban J connectivity index is 1.68. The van der Waals surface area contributed by atoms with Crippen LogP contribution in [0.3, 0.4) is 0 Å². The fourth-order valence-electron chi connectivity index (χ4n) is 3.83. The highest BCUT2D eigenvalue weighted by Crippen LogP contribution is 2.48. The first-order valence-corrected chi connectivity index (χ1v) is 7.75. The van der Waals surface area contributed by atoms with Gasteiger partial charge in [0.25, 0.3) is 0 Å². The Kier molecular flexibility index (Phi) is 3.29. The van der Waals surface area contributed by atoms with Crippen molar-refractivity contribution in [1.29, 1.82) is 0 Å². The zero-order valence-corrected chi connectivity index (χ0v) is 12.4. The van der Waals surface area contributed by atoms with Crippen LogP contribution in [0.1, 0.15) is 32.1 Å². The van der Waals surface area contributed by atoms with E-state index in [9.17, 15) is 4.79 Å². The van der Waals surface area contributed by atoms with Gasteiger partial charge in [-0.2, -0.15) is 0 Å². The SMILES string of the molecule is CN1CCCC2CN(C(=O)C3(C(N)=S)CC3)CCC21. The summed E-state index contributed by atoms with van der Waals surface area (Å²) >= 11 is 5.10. The van der Waals surface area contributed by atoms with E-state index in [1.807, 2.05) is 4.90 Å². The average Bonchev–Trinajstić information content (AvgIpc) is 3.19. The van der Waals surface area contributed by atoms with Gasteiger partial charge in [-0.05, 0) is 51.6 Å². The molecular formula is C14H23N3OS. The number of nitrogens with zero attached hydrogens (tertiary/aromatic N) is 2. The largest absolute Gasteiger partial charge is 0.392 e. The van der Waals surface area contributed by atoms with E-state index in [1.165, 1.54) is 19.4 Å². The zero-order chi connectivity index (χ0) is 13.6. The van der Waals surface area contributed by atoms with E-state index >= 15 is 0 Å². The maximum atomic E-state index is 12.6. The Morgan fingerprint density at radius 2 is 2.05 bits per heavy atom. The van der Waals surface area contributed by atoms with Gasteiger partial charge in [-0.15, -0.1) is 0 Å². The normalized spacial score (nSPS) is 33.6. The Hall–Kier alpha value is -0.680. The summed E-state index contributed by atoms with van der Waals surface area (Å²) in [6, 6.07) is 0.665. The Bertz CT molecular complexity index is 407. The maximum absolute atomic E-state index is 12.6. The molecule has 0 spiro atoms. The van der Waals surface area contributed by atoms with Gasteiger partial charge >= 0.3 is 0 Å². The molecule has 5 heteroatoms. The Morgan fingerprint density at radius 3 is 2.68 bits per heavy atom. The summed E-state index contributed by atoms with van der Waals surface area (Å²) in [5.41, 5.74) is 5.30. The van der Waals surface area contributed by atoms with Gasteiger partial charge in [-0.3, -0.25) is 4.79 Å². The van der Waals surface area contributed by atoms with Crippen molar-refractivity contribution in [1.82, 2.24) is 9.80 Å². The molecule has 0 aromatic rings.